The molecule has 1 aromatic carbocycles. The molecule has 0 radical (unpaired) electrons. The zero-order chi connectivity index (χ0) is 13.7. The van der Waals surface area contributed by atoms with E-state index in [-0.39, 0.29) is 0 Å². The van der Waals surface area contributed by atoms with Gasteiger partial charge < -0.3 is 21.7 Å². The Balaban J connectivity index is 1.77. The summed E-state index contributed by atoms with van der Waals surface area (Å²) in [4.78, 5) is 13.5. The van der Waals surface area contributed by atoms with Crippen LogP contribution >= 0.6 is 0 Å². The van der Waals surface area contributed by atoms with Crippen LogP contribution in [-0.2, 0) is 0 Å². The van der Waals surface area contributed by atoms with Gasteiger partial charge in [-0.2, -0.15) is 0 Å². The van der Waals surface area contributed by atoms with Crippen molar-refractivity contribution < 1.29 is 4.79 Å². The van der Waals surface area contributed by atoms with E-state index in [4.69, 9.17) is 11.5 Å². The Morgan fingerprint density at radius 1 is 1.32 bits per heavy atom. The molecule has 1 aromatic rings. The van der Waals surface area contributed by atoms with Crippen LogP contribution in [0.15, 0.2) is 18.2 Å². The second kappa shape index (κ2) is 6.43. The van der Waals surface area contributed by atoms with E-state index < -0.39 is 5.91 Å². The summed E-state index contributed by atoms with van der Waals surface area (Å²) in [5, 5.41) is 3.30. The summed E-state index contributed by atoms with van der Waals surface area (Å²) in [6.45, 7) is 4.48. The second-order valence-electron chi connectivity index (χ2n) is 5.00. The third-order valence-corrected chi connectivity index (χ3v) is 3.50. The van der Waals surface area contributed by atoms with E-state index in [2.05, 4.69) is 10.2 Å². The van der Waals surface area contributed by atoms with Crippen LogP contribution in [0.1, 0.15) is 29.6 Å². The number of carbonyl (C=O) groups excluding carboxylic acids is 1. The molecule has 1 amide bonds. The summed E-state index contributed by atoms with van der Waals surface area (Å²) >= 11 is 0. The molecule has 0 atom stereocenters. The molecule has 0 unspecified atom stereocenters. The number of hydrogen-bond acceptors (Lipinski definition) is 4. The van der Waals surface area contributed by atoms with Crippen LogP contribution in [0.25, 0.3) is 0 Å². The Bertz CT molecular complexity index is 441. The number of rotatable bonds is 6. The van der Waals surface area contributed by atoms with Gasteiger partial charge in [-0.05, 0) is 57.1 Å². The van der Waals surface area contributed by atoms with Crippen molar-refractivity contribution in [3.05, 3.63) is 23.8 Å². The molecule has 1 heterocycles. The number of anilines is 2. The Morgan fingerprint density at radius 3 is 2.68 bits per heavy atom. The molecule has 5 nitrogen and oxygen atoms in total. The molecule has 5 heteroatoms. The van der Waals surface area contributed by atoms with E-state index in [1.165, 1.54) is 25.9 Å². The van der Waals surface area contributed by atoms with Crippen molar-refractivity contribution in [3.63, 3.8) is 0 Å². The highest BCUT2D eigenvalue weighted by atomic mass is 16.1. The van der Waals surface area contributed by atoms with Crippen molar-refractivity contribution in [1.82, 2.24) is 4.90 Å². The molecule has 1 saturated heterocycles. The largest absolute Gasteiger partial charge is 0.397 e. The van der Waals surface area contributed by atoms with Gasteiger partial charge in [-0.3, -0.25) is 4.79 Å². The van der Waals surface area contributed by atoms with Crippen molar-refractivity contribution >= 4 is 17.3 Å². The lowest BCUT2D eigenvalue weighted by Crippen LogP contribution is -2.22. The van der Waals surface area contributed by atoms with Crippen LogP contribution in [-0.4, -0.2) is 37.0 Å². The van der Waals surface area contributed by atoms with Crippen molar-refractivity contribution in [2.24, 2.45) is 5.73 Å². The molecule has 5 N–H and O–H groups in total. The highest BCUT2D eigenvalue weighted by Gasteiger charge is 2.10. The summed E-state index contributed by atoms with van der Waals surface area (Å²) in [6, 6.07) is 5.12. The van der Waals surface area contributed by atoms with Crippen LogP contribution in [0, 0.1) is 0 Å². The van der Waals surface area contributed by atoms with Gasteiger partial charge in [0.25, 0.3) is 0 Å². The van der Waals surface area contributed by atoms with Gasteiger partial charge in [0.05, 0.1) is 11.4 Å². The molecule has 0 aliphatic carbocycles. The first-order chi connectivity index (χ1) is 9.16. The summed E-state index contributed by atoms with van der Waals surface area (Å²) in [7, 11) is 0. The fraction of sp³-hybridized carbons (Fsp3) is 0.500. The van der Waals surface area contributed by atoms with E-state index in [1.807, 2.05) is 6.07 Å². The van der Waals surface area contributed by atoms with Gasteiger partial charge in [0.1, 0.15) is 0 Å². The summed E-state index contributed by atoms with van der Waals surface area (Å²) in [5.74, 6) is -0.452. The van der Waals surface area contributed by atoms with Gasteiger partial charge >= 0.3 is 0 Å². The average Bonchev–Trinajstić information content (AvgIpc) is 2.89. The third kappa shape index (κ3) is 3.86. The lowest BCUT2D eigenvalue weighted by Gasteiger charge is -2.15. The number of nitrogens with two attached hydrogens (primary N) is 2. The minimum Gasteiger partial charge on any atom is -0.397 e. The van der Waals surface area contributed by atoms with E-state index >= 15 is 0 Å². The molecule has 0 bridgehead atoms. The van der Waals surface area contributed by atoms with Gasteiger partial charge in [-0.1, -0.05) is 0 Å². The lowest BCUT2D eigenvalue weighted by molar-refractivity contribution is 0.100. The highest BCUT2D eigenvalue weighted by molar-refractivity contribution is 5.94. The van der Waals surface area contributed by atoms with Gasteiger partial charge in [-0.15, -0.1) is 0 Å². The molecule has 104 valence electrons. The topological polar surface area (TPSA) is 84.4 Å². The van der Waals surface area contributed by atoms with Gasteiger partial charge in [0.15, 0.2) is 0 Å². The van der Waals surface area contributed by atoms with E-state index in [0.29, 0.717) is 11.3 Å². The van der Waals surface area contributed by atoms with Crippen molar-refractivity contribution in [1.29, 1.82) is 0 Å². The zero-order valence-corrected chi connectivity index (χ0v) is 11.2. The number of nitrogens with zero attached hydrogens (tertiary/aromatic N) is 1. The maximum Gasteiger partial charge on any atom is 0.248 e. The van der Waals surface area contributed by atoms with E-state index in [1.54, 1.807) is 12.1 Å². The van der Waals surface area contributed by atoms with Crippen molar-refractivity contribution in [3.8, 4) is 0 Å². The van der Waals surface area contributed by atoms with Crippen LogP contribution in [0.5, 0.6) is 0 Å². The van der Waals surface area contributed by atoms with Crippen molar-refractivity contribution in [2.45, 2.75) is 19.3 Å². The Morgan fingerprint density at radius 2 is 2.05 bits per heavy atom. The minimum absolute atomic E-state index is 0.445. The standard InChI is InChI=1S/C14H22N4O/c15-12-10-11(14(16)19)4-5-13(12)17-6-3-9-18-7-1-2-8-18/h4-5,10,17H,1-3,6-9,15H2,(H2,16,19). The molecule has 0 saturated carbocycles. The molecule has 1 aliphatic rings. The monoisotopic (exact) mass is 262 g/mol. The first kappa shape index (κ1) is 13.7. The molecule has 19 heavy (non-hydrogen) atoms. The van der Waals surface area contributed by atoms with Crippen LogP contribution in [0.2, 0.25) is 0 Å². The van der Waals surface area contributed by atoms with Crippen LogP contribution in [0.3, 0.4) is 0 Å². The maximum absolute atomic E-state index is 11.0. The number of benzene rings is 1. The van der Waals surface area contributed by atoms with Gasteiger partial charge in [0.2, 0.25) is 5.91 Å². The third-order valence-electron chi connectivity index (χ3n) is 3.50. The molecular weight excluding hydrogens is 240 g/mol. The predicted molar refractivity (Wildman–Crippen MR) is 78.2 cm³/mol. The lowest BCUT2D eigenvalue weighted by atomic mass is 10.1. The van der Waals surface area contributed by atoms with Crippen LogP contribution in [0.4, 0.5) is 11.4 Å². The normalized spacial score (nSPS) is 15.6. The number of nitrogen functional groups attached to an aromatic ring is 1. The smallest absolute Gasteiger partial charge is 0.248 e. The Labute approximate surface area is 113 Å². The van der Waals surface area contributed by atoms with E-state index in [0.717, 1.165) is 25.2 Å². The average molecular weight is 262 g/mol. The van der Waals surface area contributed by atoms with Gasteiger partial charge in [-0.25, -0.2) is 0 Å². The first-order valence-corrected chi connectivity index (χ1v) is 6.82. The predicted octanol–water partition coefficient (Wildman–Crippen LogP) is 1.27. The summed E-state index contributed by atoms with van der Waals surface area (Å²) in [6.07, 6.45) is 3.75. The molecule has 1 fully saturated rings. The number of hydrogen-bond donors (Lipinski definition) is 3. The number of likely N-dealkylation sites (tertiary alicyclic amines) is 1. The molecule has 1 aliphatic heterocycles. The molecule has 0 aromatic heterocycles. The van der Waals surface area contributed by atoms with Gasteiger partial charge in [0, 0.05) is 12.1 Å². The molecule has 2 rings (SSSR count). The quantitative estimate of drug-likeness (QED) is 0.532. The Hall–Kier alpha value is -1.75. The minimum atomic E-state index is -0.452. The zero-order valence-electron chi connectivity index (χ0n) is 11.2. The number of carbonyl (C=O) groups is 1. The first-order valence-electron chi connectivity index (χ1n) is 6.82. The van der Waals surface area contributed by atoms with Crippen LogP contribution < -0.4 is 16.8 Å². The fourth-order valence-corrected chi connectivity index (χ4v) is 2.41. The van der Waals surface area contributed by atoms with Crippen molar-refractivity contribution in [2.75, 3.05) is 37.2 Å². The summed E-state index contributed by atoms with van der Waals surface area (Å²) < 4.78 is 0. The molecule has 0 spiro atoms. The highest BCUT2D eigenvalue weighted by Crippen LogP contribution is 2.19. The summed E-state index contributed by atoms with van der Waals surface area (Å²) in [5.41, 5.74) is 13.0. The molecular formula is C14H22N4O. The Kier molecular flexibility index (Phi) is 4.63. The maximum atomic E-state index is 11.0. The number of nitrogens with one attached hydrogen (secondary N) is 1. The fourth-order valence-electron chi connectivity index (χ4n) is 2.41. The number of amides is 1. The second-order valence-corrected chi connectivity index (χ2v) is 5.00. The van der Waals surface area contributed by atoms with E-state index in [9.17, 15) is 4.79 Å². The SMILES string of the molecule is NC(=O)c1ccc(NCCCN2CCCC2)c(N)c1. The number of primary amides is 1.